The van der Waals surface area contributed by atoms with Gasteiger partial charge >= 0.3 is 6.18 Å². The number of nitrogens with zero attached hydrogens (tertiary/aromatic N) is 1. The van der Waals surface area contributed by atoms with Gasteiger partial charge in [0.2, 0.25) is 0 Å². The van der Waals surface area contributed by atoms with Crippen molar-refractivity contribution in [2.24, 2.45) is 0 Å². The van der Waals surface area contributed by atoms with Crippen LogP contribution in [0.15, 0.2) is 36.5 Å². The normalized spacial score (nSPS) is 11.4. The number of rotatable bonds is 2. The van der Waals surface area contributed by atoms with Crippen molar-refractivity contribution < 1.29 is 18.0 Å². The summed E-state index contributed by atoms with van der Waals surface area (Å²) < 4.78 is 38.6. The molecule has 0 saturated heterocycles. The van der Waals surface area contributed by atoms with Crippen LogP contribution in [0.5, 0.6) is 0 Å². The second-order valence-corrected chi connectivity index (χ2v) is 4.57. The molecule has 2 aromatic rings. The van der Waals surface area contributed by atoms with Crippen molar-refractivity contribution in [2.45, 2.75) is 6.18 Å². The molecule has 0 atom stereocenters. The number of alkyl halides is 3. The van der Waals surface area contributed by atoms with Gasteiger partial charge in [0.15, 0.2) is 5.78 Å². The zero-order valence-corrected chi connectivity index (χ0v) is 11.2. The first-order valence-electron chi connectivity index (χ1n) is 5.33. The summed E-state index contributed by atoms with van der Waals surface area (Å²) in [5.41, 5.74) is -1.62. The van der Waals surface area contributed by atoms with Crippen molar-refractivity contribution in [3.05, 3.63) is 63.4 Å². The summed E-state index contributed by atoms with van der Waals surface area (Å²) in [6.45, 7) is 0. The van der Waals surface area contributed by atoms with Gasteiger partial charge in [0.05, 0.1) is 10.6 Å². The molecule has 0 aliphatic heterocycles. The van der Waals surface area contributed by atoms with Gasteiger partial charge in [-0.1, -0.05) is 41.4 Å². The van der Waals surface area contributed by atoms with E-state index in [4.69, 9.17) is 23.2 Å². The molecule has 7 heteroatoms. The van der Waals surface area contributed by atoms with Gasteiger partial charge < -0.3 is 0 Å². The van der Waals surface area contributed by atoms with Crippen molar-refractivity contribution >= 4 is 29.0 Å². The first-order chi connectivity index (χ1) is 9.32. The number of pyridine rings is 1. The van der Waals surface area contributed by atoms with E-state index in [9.17, 15) is 18.0 Å². The second kappa shape index (κ2) is 5.42. The first kappa shape index (κ1) is 14.8. The van der Waals surface area contributed by atoms with Gasteiger partial charge in [-0.25, -0.2) is 4.98 Å². The number of hydrogen-bond acceptors (Lipinski definition) is 2. The minimum Gasteiger partial charge on any atom is -0.289 e. The van der Waals surface area contributed by atoms with E-state index in [1.165, 1.54) is 24.4 Å². The van der Waals surface area contributed by atoms with E-state index >= 15 is 0 Å². The molecule has 1 aromatic carbocycles. The first-order valence-corrected chi connectivity index (χ1v) is 6.09. The third kappa shape index (κ3) is 2.78. The molecule has 0 spiro atoms. The predicted molar refractivity (Wildman–Crippen MR) is 69.1 cm³/mol. The van der Waals surface area contributed by atoms with Gasteiger partial charge in [0, 0.05) is 17.3 Å². The van der Waals surface area contributed by atoms with Crippen LogP contribution in [0.2, 0.25) is 10.2 Å². The maximum Gasteiger partial charge on any atom is 0.417 e. The Balaban J connectivity index is 2.58. The average Bonchev–Trinajstić information content (AvgIpc) is 2.40. The molecule has 0 bridgehead atoms. The van der Waals surface area contributed by atoms with E-state index in [0.717, 1.165) is 12.1 Å². The maximum absolute atomic E-state index is 12.9. The molecule has 2 rings (SSSR count). The zero-order chi connectivity index (χ0) is 14.9. The molecule has 0 amide bonds. The summed E-state index contributed by atoms with van der Waals surface area (Å²) in [5.74, 6) is -0.854. The summed E-state index contributed by atoms with van der Waals surface area (Å²) in [7, 11) is 0. The number of aromatic nitrogens is 1. The van der Waals surface area contributed by atoms with E-state index in [1.54, 1.807) is 0 Å². The Hall–Kier alpha value is -1.59. The number of ketones is 1. The monoisotopic (exact) mass is 319 g/mol. The second-order valence-electron chi connectivity index (χ2n) is 3.84. The van der Waals surface area contributed by atoms with Crippen LogP contribution in [0.4, 0.5) is 13.2 Å². The van der Waals surface area contributed by atoms with Crippen LogP contribution in [-0.2, 0) is 6.18 Å². The molecule has 0 saturated carbocycles. The Morgan fingerprint density at radius 2 is 1.70 bits per heavy atom. The Bertz CT molecular complexity index is 671. The van der Waals surface area contributed by atoms with Crippen LogP contribution in [0.3, 0.4) is 0 Å². The highest BCUT2D eigenvalue weighted by molar-refractivity contribution is 6.43. The molecule has 0 unspecified atom stereocenters. The molecule has 104 valence electrons. The Morgan fingerprint density at radius 3 is 2.35 bits per heavy atom. The van der Waals surface area contributed by atoms with Crippen molar-refractivity contribution in [1.82, 2.24) is 4.98 Å². The Kier molecular flexibility index (Phi) is 4.01. The van der Waals surface area contributed by atoms with E-state index in [0.29, 0.717) is 0 Å². The molecular weight excluding hydrogens is 314 g/mol. The summed E-state index contributed by atoms with van der Waals surface area (Å²) in [5, 5.41) is -0.307. The maximum atomic E-state index is 12.9. The molecule has 20 heavy (non-hydrogen) atoms. The summed E-state index contributed by atoms with van der Waals surface area (Å²) in [6.07, 6.45) is -3.42. The highest BCUT2D eigenvalue weighted by Gasteiger charge is 2.35. The third-order valence-corrected chi connectivity index (χ3v) is 3.33. The van der Waals surface area contributed by atoms with E-state index in [1.807, 2.05) is 0 Å². The molecule has 2 nitrogen and oxygen atoms in total. The topological polar surface area (TPSA) is 30.0 Å². The fourth-order valence-corrected chi connectivity index (χ4v) is 2.02. The van der Waals surface area contributed by atoms with Crippen molar-refractivity contribution in [3.8, 4) is 0 Å². The van der Waals surface area contributed by atoms with Gasteiger partial charge in [-0.15, -0.1) is 0 Å². The van der Waals surface area contributed by atoms with Crippen LogP contribution in [0.25, 0.3) is 0 Å². The average molecular weight is 320 g/mol. The predicted octanol–water partition coefficient (Wildman–Crippen LogP) is 4.64. The molecule has 0 radical (unpaired) electrons. The lowest BCUT2D eigenvalue weighted by molar-refractivity contribution is -0.137. The summed E-state index contributed by atoms with van der Waals surface area (Å²) >= 11 is 11.5. The third-order valence-electron chi connectivity index (χ3n) is 2.57. The van der Waals surface area contributed by atoms with Crippen LogP contribution >= 0.6 is 23.2 Å². The Labute approximate surface area is 122 Å². The standard InChI is InChI=1S/C13H6Cl2F3NO/c14-10-8(5-6-19-12(10)15)11(20)7-3-1-2-4-9(7)13(16,17)18/h1-6H. The molecule has 0 N–H and O–H groups in total. The number of carbonyl (C=O) groups excluding carboxylic acids is 1. The largest absolute Gasteiger partial charge is 0.417 e. The van der Waals surface area contributed by atoms with Crippen LogP contribution in [0, 0.1) is 0 Å². The lowest BCUT2D eigenvalue weighted by Crippen LogP contribution is -2.14. The lowest BCUT2D eigenvalue weighted by atomic mass is 9.98. The SMILES string of the molecule is O=C(c1ccccc1C(F)(F)F)c1ccnc(Cl)c1Cl. The number of benzene rings is 1. The fourth-order valence-electron chi connectivity index (χ4n) is 1.67. The lowest BCUT2D eigenvalue weighted by Gasteiger charge is -2.12. The van der Waals surface area contributed by atoms with E-state index in [2.05, 4.69) is 4.98 Å². The minimum atomic E-state index is -4.63. The molecule has 1 aromatic heterocycles. The van der Waals surface area contributed by atoms with E-state index in [-0.39, 0.29) is 15.7 Å². The Morgan fingerprint density at radius 1 is 1.05 bits per heavy atom. The number of carbonyl (C=O) groups is 1. The number of halogens is 5. The quantitative estimate of drug-likeness (QED) is 0.596. The molecule has 0 fully saturated rings. The smallest absolute Gasteiger partial charge is 0.289 e. The van der Waals surface area contributed by atoms with Crippen molar-refractivity contribution in [2.75, 3.05) is 0 Å². The van der Waals surface area contributed by atoms with Gasteiger partial charge in [-0.3, -0.25) is 4.79 Å². The minimum absolute atomic E-state index is 0.122. The fraction of sp³-hybridized carbons (Fsp3) is 0.0769. The van der Waals surface area contributed by atoms with Gasteiger partial charge in [-0.05, 0) is 12.1 Å². The van der Waals surface area contributed by atoms with Gasteiger partial charge in [0.25, 0.3) is 0 Å². The molecular formula is C13H6Cl2F3NO. The zero-order valence-electron chi connectivity index (χ0n) is 9.71. The summed E-state index contributed by atoms with van der Waals surface area (Å²) in [4.78, 5) is 15.9. The molecule has 1 heterocycles. The van der Waals surface area contributed by atoms with Crippen LogP contribution < -0.4 is 0 Å². The van der Waals surface area contributed by atoms with Gasteiger partial charge in [0.1, 0.15) is 5.15 Å². The van der Waals surface area contributed by atoms with Crippen molar-refractivity contribution in [3.63, 3.8) is 0 Å². The summed E-state index contributed by atoms with van der Waals surface area (Å²) in [6, 6.07) is 5.71. The highest BCUT2D eigenvalue weighted by atomic mass is 35.5. The molecule has 0 aliphatic carbocycles. The number of hydrogen-bond donors (Lipinski definition) is 0. The van der Waals surface area contributed by atoms with Gasteiger partial charge in [-0.2, -0.15) is 13.2 Å². The van der Waals surface area contributed by atoms with Crippen LogP contribution in [-0.4, -0.2) is 10.8 Å². The van der Waals surface area contributed by atoms with Crippen LogP contribution in [0.1, 0.15) is 21.5 Å². The molecule has 0 aliphatic rings. The highest BCUT2D eigenvalue weighted by Crippen LogP contribution is 2.34. The van der Waals surface area contributed by atoms with Crippen molar-refractivity contribution in [1.29, 1.82) is 0 Å². The van der Waals surface area contributed by atoms with E-state index < -0.39 is 23.1 Å².